The van der Waals surface area contributed by atoms with Crippen molar-refractivity contribution in [3.63, 3.8) is 0 Å². The fourth-order valence-electron chi connectivity index (χ4n) is 1.65. The molecule has 0 aromatic heterocycles. The van der Waals surface area contributed by atoms with Crippen molar-refractivity contribution in [3.05, 3.63) is 60.2 Å². The van der Waals surface area contributed by atoms with Crippen molar-refractivity contribution in [2.75, 3.05) is 0 Å². The fourth-order valence-corrected chi connectivity index (χ4v) is 2.75. The van der Waals surface area contributed by atoms with Gasteiger partial charge in [-0.25, -0.2) is 8.42 Å². The molecule has 17 heavy (non-hydrogen) atoms. The monoisotopic (exact) mass is 332 g/mol. The molecule has 2 nitrogen and oxygen atoms in total. The molecule has 0 saturated carbocycles. The first-order valence-corrected chi connectivity index (χ1v) is 8.09. The van der Waals surface area contributed by atoms with Crippen LogP contribution in [-0.4, -0.2) is 12.1 Å². The Balaban J connectivity index is 2.28. The van der Waals surface area contributed by atoms with Gasteiger partial charge in [-0.05, 0) is 5.56 Å². The van der Waals surface area contributed by atoms with Crippen LogP contribution in [0, 0.1) is 0 Å². The number of halogens is 2. The van der Waals surface area contributed by atoms with E-state index in [0.717, 1.165) is 5.56 Å². The van der Waals surface area contributed by atoms with Crippen LogP contribution >= 0.6 is 26.6 Å². The molecule has 1 aromatic rings. The third kappa shape index (κ3) is 2.64. The van der Waals surface area contributed by atoms with E-state index < -0.39 is 12.7 Å². The Labute approximate surface area is 114 Å². The Morgan fingerprint density at radius 3 is 2.12 bits per heavy atom. The SMILES string of the molecule is O=S(=O)(Cl)C1(Br)C=CC(c2ccccc2)C=C1. The Kier molecular flexibility index (Phi) is 3.48. The first-order valence-electron chi connectivity index (χ1n) is 4.99. The Bertz CT molecular complexity index is 549. The third-order valence-corrected chi connectivity index (χ3v) is 6.77. The van der Waals surface area contributed by atoms with Crippen molar-refractivity contribution in [2.45, 2.75) is 9.57 Å². The number of hydrogen-bond donors (Lipinski definition) is 0. The van der Waals surface area contributed by atoms with Gasteiger partial charge in [0.15, 0.2) is 3.66 Å². The molecule has 2 rings (SSSR count). The summed E-state index contributed by atoms with van der Waals surface area (Å²) in [6.07, 6.45) is 6.77. The minimum Gasteiger partial charge on any atom is -0.210 e. The minimum absolute atomic E-state index is 0.0836. The van der Waals surface area contributed by atoms with Crippen LogP contribution in [0.1, 0.15) is 11.5 Å². The lowest BCUT2D eigenvalue weighted by Gasteiger charge is -2.22. The van der Waals surface area contributed by atoms with Crippen molar-refractivity contribution in [2.24, 2.45) is 0 Å². The molecule has 0 bridgehead atoms. The number of rotatable bonds is 2. The number of benzene rings is 1. The van der Waals surface area contributed by atoms with Crippen LogP contribution in [0.25, 0.3) is 0 Å². The van der Waals surface area contributed by atoms with Crippen molar-refractivity contribution < 1.29 is 8.42 Å². The quantitative estimate of drug-likeness (QED) is 0.471. The second kappa shape index (κ2) is 4.59. The van der Waals surface area contributed by atoms with Crippen molar-refractivity contribution in [1.82, 2.24) is 0 Å². The fraction of sp³-hybridized carbons (Fsp3) is 0.167. The summed E-state index contributed by atoms with van der Waals surface area (Å²) in [6, 6.07) is 9.83. The smallest absolute Gasteiger partial charge is 0.210 e. The van der Waals surface area contributed by atoms with Gasteiger partial charge in [0.1, 0.15) is 0 Å². The lowest BCUT2D eigenvalue weighted by atomic mass is 9.95. The first kappa shape index (κ1) is 12.9. The maximum Gasteiger partial charge on any atom is 0.255 e. The second-order valence-corrected chi connectivity index (χ2v) is 8.40. The van der Waals surface area contributed by atoms with E-state index in [9.17, 15) is 8.42 Å². The van der Waals surface area contributed by atoms with Gasteiger partial charge in [-0.1, -0.05) is 70.6 Å². The normalized spacial score (nSPS) is 28.2. The maximum atomic E-state index is 11.4. The van der Waals surface area contributed by atoms with Gasteiger partial charge in [-0.2, -0.15) is 0 Å². The summed E-state index contributed by atoms with van der Waals surface area (Å²) in [5.41, 5.74) is 1.11. The number of alkyl halides is 1. The van der Waals surface area contributed by atoms with E-state index in [1.165, 1.54) is 0 Å². The van der Waals surface area contributed by atoms with Crippen molar-refractivity contribution >= 4 is 35.7 Å². The number of allylic oxidation sites excluding steroid dienone is 2. The molecule has 0 spiro atoms. The summed E-state index contributed by atoms with van der Waals surface area (Å²) in [4.78, 5) is 0. The van der Waals surface area contributed by atoms with Gasteiger partial charge in [0.05, 0.1) is 0 Å². The predicted octanol–water partition coefficient (Wildman–Crippen LogP) is 3.56. The largest absolute Gasteiger partial charge is 0.255 e. The standard InChI is InChI=1S/C12H10BrClO2S/c13-12(17(14,15)16)8-6-11(7-9-12)10-4-2-1-3-5-10/h1-9,11H. The van der Waals surface area contributed by atoms with E-state index in [2.05, 4.69) is 15.9 Å². The first-order chi connectivity index (χ1) is 7.92. The van der Waals surface area contributed by atoms with Crippen LogP contribution in [0.2, 0.25) is 0 Å². The van der Waals surface area contributed by atoms with E-state index in [4.69, 9.17) is 10.7 Å². The van der Waals surface area contributed by atoms with Crippen LogP contribution in [0.5, 0.6) is 0 Å². The zero-order chi connectivity index (χ0) is 12.5. The molecule has 1 aliphatic rings. The van der Waals surface area contributed by atoms with Crippen LogP contribution in [0.3, 0.4) is 0 Å². The van der Waals surface area contributed by atoms with E-state index in [-0.39, 0.29) is 5.92 Å². The molecule has 0 N–H and O–H groups in total. The average Bonchev–Trinajstić information content (AvgIpc) is 2.30. The van der Waals surface area contributed by atoms with Crippen LogP contribution in [-0.2, 0) is 9.05 Å². The highest BCUT2D eigenvalue weighted by Crippen LogP contribution is 2.37. The number of hydrogen-bond acceptors (Lipinski definition) is 2. The van der Waals surface area contributed by atoms with Crippen LogP contribution in [0.15, 0.2) is 54.6 Å². The maximum absolute atomic E-state index is 11.4. The summed E-state index contributed by atoms with van der Waals surface area (Å²) in [7, 11) is 1.65. The van der Waals surface area contributed by atoms with E-state index in [1.54, 1.807) is 12.2 Å². The van der Waals surface area contributed by atoms with E-state index >= 15 is 0 Å². The lowest BCUT2D eigenvalue weighted by molar-refractivity contribution is 0.605. The molecule has 90 valence electrons. The minimum atomic E-state index is -3.72. The molecule has 0 fully saturated rings. The van der Waals surface area contributed by atoms with Crippen LogP contribution in [0.4, 0.5) is 0 Å². The van der Waals surface area contributed by atoms with Crippen molar-refractivity contribution in [1.29, 1.82) is 0 Å². The molecule has 1 aliphatic carbocycles. The molecule has 1 aromatic carbocycles. The predicted molar refractivity (Wildman–Crippen MR) is 73.9 cm³/mol. The van der Waals surface area contributed by atoms with E-state index in [0.29, 0.717) is 0 Å². The van der Waals surface area contributed by atoms with Crippen LogP contribution < -0.4 is 0 Å². The molecule has 0 saturated heterocycles. The molecule has 0 aliphatic heterocycles. The van der Waals surface area contributed by atoms with Gasteiger partial charge in [0.2, 0.25) is 0 Å². The second-order valence-electron chi connectivity index (χ2n) is 3.79. The topological polar surface area (TPSA) is 34.1 Å². The van der Waals surface area contributed by atoms with E-state index in [1.807, 2.05) is 42.5 Å². The van der Waals surface area contributed by atoms with Gasteiger partial charge in [-0.3, -0.25) is 0 Å². The van der Waals surface area contributed by atoms with Gasteiger partial charge in [0, 0.05) is 16.6 Å². The molecule has 0 amide bonds. The van der Waals surface area contributed by atoms with Gasteiger partial charge < -0.3 is 0 Å². The summed E-state index contributed by atoms with van der Waals surface area (Å²) in [6.45, 7) is 0. The molecule has 0 radical (unpaired) electrons. The highest BCUT2D eigenvalue weighted by Gasteiger charge is 2.36. The molecular formula is C12H10BrClO2S. The summed E-state index contributed by atoms with van der Waals surface area (Å²) >= 11 is 3.12. The molecule has 0 atom stereocenters. The Hall–Kier alpha value is -0.580. The summed E-state index contributed by atoms with van der Waals surface area (Å²) in [5.74, 6) is 0.0836. The summed E-state index contributed by atoms with van der Waals surface area (Å²) < 4.78 is 21.4. The molecular weight excluding hydrogens is 324 g/mol. The highest BCUT2D eigenvalue weighted by atomic mass is 79.9. The molecule has 0 heterocycles. The Morgan fingerprint density at radius 1 is 1.12 bits per heavy atom. The van der Waals surface area contributed by atoms with Gasteiger partial charge in [0.25, 0.3) is 9.05 Å². The zero-order valence-corrected chi connectivity index (χ0v) is 11.9. The Morgan fingerprint density at radius 2 is 1.65 bits per heavy atom. The van der Waals surface area contributed by atoms with Gasteiger partial charge >= 0.3 is 0 Å². The molecule has 0 unspecified atom stereocenters. The highest BCUT2D eigenvalue weighted by molar-refractivity contribution is 9.12. The average molecular weight is 334 g/mol. The zero-order valence-electron chi connectivity index (χ0n) is 8.75. The van der Waals surface area contributed by atoms with Crippen molar-refractivity contribution in [3.8, 4) is 0 Å². The molecule has 5 heteroatoms. The van der Waals surface area contributed by atoms with Gasteiger partial charge in [-0.15, -0.1) is 0 Å². The summed E-state index contributed by atoms with van der Waals surface area (Å²) in [5, 5.41) is 0. The third-order valence-electron chi connectivity index (χ3n) is 2.62. The lowest BCUT2D eigenvalue weighted by Crippen LogP contribution is -2.25.